The summed E-state index contributed by atoms with van der Waals surface area (Å²) < 4.78 is 1.86. The van der Waals surface area contributed by atoms with E-state index in [-0.39, 0.29) is 17.4 Å². The highest BCUT2D eigenvalue weighted by Crippen LogP contribution is 2.31. The quantitative estimate of drug-likeness (QED) is 0.154. The van der Waals surface area contributed by atoms with Crippen LogP contribution in [-0.4, -0.2) is 32.2 Å². The second-order valence-electron chi connectivity index (χ2n) is 8.66. The normalized spacial score (nSPS) is 10.8. The number of aryl methyl sites for hydroxylation is 1. The van der Waals surface area contributed by atoms with Crippen molar-refractivity contribution in [2.45, 2.75) is 12.1 Å². The van der Waals surface area contributed by atoms with Crippen LogP contribution < -0.4 is 5.32 Å². The van der Waals surface area contributed by atoms with Crippen LogP contribution in [0.3, 0.4) is 0 Å². The maximum atomic E-state index is 13.0. The molecule has 6 nitrogen and oxygen atoms in total. The Morgan fingerprint density at radius 2 is 1.59 bits per heavy atom. The molecule has 0 radical (unpaired) electrons. The van der Waals surface area contributed by atoms with Gasteiger partial charge >= 0.3 is 0 Å². The highest BCUT2D eigenvalue weighted by atomic mass is 35.5. The summed E-state index contributed by atoms with van der Waals surface area (Å²) in [6, 6.07) is 28.9. The first-order chi connectivity index (χ1) is 18.9. The molecule has 0 bridgehead atoms. The van der Waals surface area contributed by atoms with E-state index in [0.29, 0.717) is 37.8 Å². The van der Waals surface area contributed by atoms with Crippen LogP contribution in [0.5, 0.6) is 0 Å². The molecular formula is C30H22Cl2N4O2S. The molecule has 194 valence electrons. The average molecular weight is 574 g/mol. The molecule has 0 aliphatic carbocycles. The van der Waals surface area contributed by atoms with Gasteiger partial charge in [-0.25, -0.2) is 0 Å². The molecule has 1 amide bonds. The van der Waals surface area contributed by atoms with Gasteiger partial charge in [-0.05, 0) is 61.0 Å². The van der Waals surface area contributed by atoms with Crippen molar-refractivity contribution in [3.63, 3.8) is 0 Å². The summed E-state index contributed by atoms with van der Waals surface area (Å²) in [6.45, 7) is 1.93. The Balaban J connectivity index is 1.39. The molecule has 0 saturated heterocycles. The number of nitrogens with one attached hydrogen (secondary N) is 1. The summed E-state index contributed by atoms with van der Waals surface area (Å²) in [4.78, 5) is 26.1. The standard InChI is InChI=1S/C30H22Cl2N4O2S/c1-19-11-16-23(17-25(19)32)36-29(21-12-14-22(31)15-13-21)34-35-30(36)39-18-27(37)33-26-10-6-5-9-24(26)28(38)20-7-3-2-4-8-20/h2-17H,18H2,1H3,(H,33,37). The van der Waals surface area contributed by atoms with Gasteiger partial charge in [0.1, 0.15) is 0 Å². The number of rotatable bonds is 8. The lowest BCUT2D eigenvalue weighted by Crippen LogP contribution is -2.17. The zero-order valence-corrected chi connectivity index (χ0v) is 23.1. The number of carbonyl (C=O) groups is 2. The molecule has 4 aromatic carbocycles. The second-order valence-corrected chi connectivity index (χ2v) is 10.4. The smallest absolute Gasteiger partial charge is 0.234 e. The van der Waals surface area contributed by atoms with Crippen LogP contribution in [0.1, 0.15) is 21.5 Å². The maximum Gasteiger partial charge on any atom is 0.234 e. The van der Waals surface area contributed by atoms with Gasteiger partial charge in [0.25, 0.3) is 0 Å². The molecule has 1 heterocycles. The van der Waals surface area contributed by atoms with Crippen molar-refractivity contribution >= 4 is 52.3 Å². The van der Waals surface area contributed by atoms with Crippen molar-refractivity contribution in [2.24, 2.45) is 0 Å². The SMILES string of the molecule is Cc1ccc(-n2c(SCC(=O)Nc3ccccc3C(=O)c3ccccc3)nnc2-c2ccc(Cl)cc2)cc1Cl. The van der Waals surface area contributed by atoms with Crippen LogP contribution in [0, 0.1) is 6.92 Å². The van der Waals surface area contributed by atoms with Crippen molar-refractivity contribution in [1.29, 1.82) is 0 Å². The summed E-state index contributed by atoms with van der Waals surface area (Å²) in [5.74, 6) is 0.195. The van der Waals surface area contributed by atoms with Crippen molar-refractivity contribution in [1.82, 2.24) is 14.8 Å². The van der Waals surface area contributed by atoms with Gasteiger partial charge in [0, 0.05) is 26.7 Å². The highest BCUT2D eigenvalue weighted by Gasteiger charge is 2.19. The molecule has 0 atom stereocenters. The molecule has 1 N–H and O–H groups in total. The predicted molar refractivity (Wildman–Crippen MR) is 157 cm³/mol. The number of thioether (sulfide) groups is 1. The summed E-state index contributed by atoms with van der Waals surface area (Å²) in [7, 11) is 0. The third-order valence-corrected chi connectivity index (χ3v) is 7.55. The van der Waals surface area contributed by atoms with E-state index in [1.807, 2.05) is 47.9 Å². The van der Waals surface area contributed by atoms with E-state index in [9.17, 15) is 9.59 Å². The third kappa shape index (κ3) is 6.06. The minimum absolute atomic E-state index is 0.0478. The molecule has 9 heteroatoms. The molecule has 39 heavy (non-hydrogen) atoms. The first-order valence-electron chi connectivity index (χ1n) is 12.0. The van der Waals surface area contributed by atoms with Gasteiger partial charge < -0.3 is 5.32 Å². The fraction of sp³-hybridized carbons (Fsp3) is 0.0667. The molecule has 0 spiro atoms. The van der Waals surface area contributed by atoms with Gasteiger partial charge in [-0.15, -0.1) is 10.2 Å². The predicted octanol–water partition coefficient (Wildman–Crippen LogP) is 7.51. The number of ketones is 1. The van der Waals surface area contributed by atoms with E-state index in [2.05, 4.69) is 15.5 Å². The van der Waals surface area contributed by atoms with Crippen molar-refractivity contribution in [3.8, 4) is 17.1 Å². The minimum Gasteiger partial charge on any atom is -0.325 e. The Kier molecular flexibility index (Phi) is 8.12. The van der Waals surface area contributed by atoms with E-state index >= 15 is 0 Å². The fourth-order valence-corrected chi connectivity index (χ4v) is 5.01. The summed E-state index contributed by atoms with van der Waals surface area (Å²) in [6.07, 6.45) is 0. The number of hydrogen-bond donors (Lipinski definition) is 1. The van der Waals surface area contributed by atoms with Gasteiger partial charge in [-0.3, -0.25) is 14.2 Å². The van der Waals surface area contributed by atoms with E-state index in [4.69, 9.17) is 23.2 Å². The summed E-state index contributed by atoms with van der Waals surface area (Å²) in [5, 5.41) is 13.4. The van der Waals surface area contributed by atoms with Crippen LogP contribution in [0.15, 0.2) is 102 Å². The van der Waals surface area contributed by atoms with Crippen molar-refractivity contribution < 1.29 is 9.59 Å². The zero-order chi connectivity index (χ0) is 27.4. The Morgan fingerprint density at radius 3 is 2.33 bits per heavy atom. The van der Waals surface area contributed by atoms with Crippen LogP contribution in [-0.2, 0) is 4.79 Å². The topological polar surface area (TPSA) is 76.9 Å². The lowest BCUT2D eigenvalue weighted by molar-refractivity contribution is -0.113. The number of anilines is 1. The highest BCUT2D eigenvalue weighted by molar-refractivity contribution is 7.99. The van der Waals surface area contributed by atoms with Gasteiger partial charge in [0.05, 0.1) is 17.1 Å². The molecular weight excluding hydrogens is 551 g/mol. The van der Waals surface area contributed by atoms with Gasteiger partial charge in [-0.1, -0.05) is 83.5 Å². The molecule has 0 aliphatic rings. The largest absolute Gasteiger partial charge is 0.325 e. The zero-order valence-electron chi connectivity index (χ0n) is 20.8. The number of nitrogens with zero attached hydrogens (tertiary/aromatic N) is 3. The number of hydrogen-bond acceptors (Lipinski definition) is 5. The molecule has 0 aliphatic heterocycles. The van der Waals surface area contributed by atoms with Gasteiger partial charge in [0.15, 0.2) is 16.8 Å². The van der Waals surface area contributed by atoms with Gasteiger partial charge in [-0.2, -0.15) is 0 Å². The summed E-state index contributed by atoms with van der Waals surface area (Å²) >= 11 is 13.8. The molecule has 0 fully saturated rings. The Hall–Kier alpha value is -3.91. The molecule has 5 rings (SSSR count). The van der Waals surface area contributed by atoms with E-state index in [0.717, 1.165) is 16.8 Å². The number of carbonyl (C=O) groups excluding carboxylic acids is 2. The third-order valence-electron chi connectivity index (χ3n) is 5.96. The lowest BCUT2D eigenvalue weighted by Gasteiger charge is -2.13. The van der Waals surface area contributed by atoms with Crippen LogP contribution >= 0.6 is 35.0 Å². The molecule has 5 aromatic rings. The number of benzene rings is 4. The van der Waals surface area contributed by atoms with Crippen LogP contribution in [0.25, 0.3) is 17.1 Å². The molecule has 1 aromatic heterocycles. The van der Waals surface area contributed by atoms with E-state index < -0.39 is 0 Å². The first kappa shape index (κ1) is 26.7. The monoisotopic (exact) mass is 572 g/mol. The lowest BCUT2D eigenvalue weighted by atomic mass is 10.0. The minimum atomic E-state index is -0.280. The van der Waals surface area contributed by atoms with Crippen LogP contribution in [0.2, 0.25) is 10.0 Å². The number of aromatic nitrogens is 3. The van der Waals surface area contributed by atoms with E-state index in [1.165, 1.54) is 11.8 Å². The number of halogens is 2. The second kappa shape index (κ2) is 11.9. The number of para-hydroxylation sites is 1. The Bertz CT molecular complexity index is 1650. The molecule has 0 saturated carbocycles. The van der Waals surface area contributed by atoms with Crippen molar-refractivity contribution in [2.75, 3.05) is 11.1 Å². The maximum absolute atomic E-state index is 13.0. The Morgan fingerprint density at radius 1 is 0.872 bits per heavy atom. The average Bonchev–Trinajstić information content (AvgIpc) is 3.38. The van der Waals surface area contributed by atoms with Gasteiger partial charge in [0.2, 0.25) is 5.91 Å². The van der Waals surface area contributed by atoms with E-state index in [1.54, 1.807) is 60.7 Å². The summed E-state index contributed by atoms with van der Waals surface area (Å²) in [5.41, 5.74) is 3.94. The van der Waals surface area contributed by atoms with Crippen molar-refractivity contribution in [3.05, 3.63) is 124 Å². The number of amides is 1. The van der Waals surface area contributed by atoms with Crippen LogP contribution in [0.4, 0.5) is 5.69 Å². The molecule has 0 unspecified atom stereocenters. The fourth-order valence-electron chi connectivity index (χ4n) is 3.95. The Labute approximate surface area is 240 Å². The first-order valence-corrected chi connectivity index (χ1v) is 13.7.